The predicted molar refractivity (Wildman–Crippen MR) is 66.9 cm³/mol. The molecule has 0 atom stereocenters. The van der Waals surface area contributed by atoms with Crippen molar-refractivity contribution < 1.29 is 14.3 Å². The predicted octanol–water partition coefficient (Wildman–Crippen LogP) is 1.12. The van der Waals surface area contributed by atoms with Crippen molar-refractivity contribution in [1.29, 1.82) is 0 Å². The highest BCUT2D eigenvalue weighted by molar-refractivity contribution is 5.94. The molecule has 2 heterocycles. The van der Waals surface area contributed by atoms with Crippen LogP contribution < -0.4 is 4.74 Å². The Kier molecular flexibility index (Phi) is 4.15. The fraction of sp³-hybridized carbons (Fsp3) is 0.538. The Balaban J connectivity index is 2.19. The molecular formula is C13H18N2O3. The summed E-state index contributed by atoms with van der Waals surface area (Å²) in [6.45, 7) is 4.48. The number of pyridine rings is 1. The number of carbonyl (C=O) groups is 1. The first-order valence-electron chi connectivity index (χ1n) is 6.16. The molecule has 5 heteroatoms. The largest absolute Gasteiger partial charge is 0.495 e. The molecular weight excluding hydrogens is 232 g/mol. The minimum atomic E-state index is -0.00764. The normalized spacial score (nSPS) is 15.6. The van der Waals surface area contributed by atoms with E-state index in [9.17, 15) is 4.79 Å². The molecule has 1 aromatic heterocycles. The monoisotopic (exact) mass is 250 g/mol. The third kappa shape index (κ3) is 2.61. The minimum Gasteiger partial charge on any atom is -0.495 e. The van der Waals surface area contributed by atoms with Crippen molar-refractivity contribution in [3.8, 4) is 5.75 Å². The molecule has 0 aromatic carbocycles. The number of amides is 1. The number of aromatic nitrogens is 1. The maximum Gasteiger partial charge on any atom is 0.255 e. The van der Waals surface area contributed by atoms with E-state index in [4.69, 9.17) is 9.47 Å². The number of hydrogen-bond acceptors (Lipinski definition) is 4. The van der Waals surface area contributed by atoms with Gasteiger partial charge in [0.05, 0.1) is 31.6 Å². The Morgan fingerprint density at radius 2 is 2.22 bits per heavy atom. The van der Waals surface area contributed by atoms with Gasteiger partial charge in [-0.2, -0.15) is 0 Å². The van der Waals surface area contributed by atoms with Gasteiger partial charge in [-0.3, -0.25) is 9.78 Å². The van der Waals surface area contributed by atoms with Crippen molar-refractivity contribution in [2.75, 3.05) is 33.4 Å². The number of morpholine rings is 1. The molecule has 1 amide bonds. The van der Waals surface area contributed by atoms with E-state index in [0.29, 0.717) is 37.6 Å². The molecule has 0 radical (unpaired) electrons. The lowest BCUT2D eigenvalue weighted by Gasteiger charge is -2.26. The molecule has 1 aliphatic rings. The molecule has 0 bridgehead atoms. The average Bonchev–Trinajstić information content (AvgIpc) is 2.46. The second-order valence-electron chi connectivity index (χ2n) is 4.13. The molecule has 0 saturated carbocycles. The zero-order valence-electron chi connectivity index (χ0n) is 10.8. The molecule has 2 rings (SSSR count). The number of ether oxygens (including phenoxy) is 2. The maximum atomic E-state index is 12.2. The van der Waals surface area contributed by atoms with Crippen LogP contribution in [0.15, 0.2) is 12.3 Å². The highest BCUT2D eigenvalue weighted by Gasteiger charge is 2.19. The zero-order chi connectivity index (χ0) is 13.0. The van der Waals surface area contributed by atoms with Gasteiger partial charge in [-0.15, -0.1) is 0 Å². The quantitative estimate of drug-likeness (QED) is 0.807. The summed E-state index contributed by atoms with van der Waals surface area (Å²) < 4.78 is 10.5. The highest BCUT2D eigenvalue weighted by atomic mass is 16.5. The maximum absolute atomic E-state index is 12.2. The topological polar surface area (TPSA) is 51.7 Å². The van der Waals surface area contributed by atoms with Gasteiger partial charge in [0.15, 0.2) is 0 Å². The summed E-state index contributed by atoms with van der Waals surface area (Å²) in [6, 6.07) is 1.77. The van der Waals surface area contributed by atoms with E-state index in [1.54, 1.807) is 24.3 Å². The first-order valence-corrected chi connectivity index (χ1v) is 6.16. The van der Waals surface area contributed by atoms with Gasteiger partial charge < -0.3 is 14.4 Å². The summed E-state index contributed by atoms with van der Waals surface area (Å²) in [7, 11) is 1.60. The molecule has 98 valence electrons. The van der Waals surface area contributed by atoms with Crippen LogP contribution in [0, 0.1) is 0 Å². The summed E-state index contributed by atoms with van der Waals surface area (Å²) in [5.41, 5.74) is 1.45. The summed E-state index contributed by atoms with van der Waals surface area (Å²) in [4.78, 5) is 18.3. The van der Waals surface area contributed by atoms with Crippen LogP contribution in [0.4, 0.5) is 0 Å². The van der Waals surface area contributed by atoms with Crippen LogP contribution in [0.25, 0.3) is 0 Å². The van der Waals surface area contributed by atoms with E-state index in [1.165, 1.54) is 0 Å². The SMILES string of the molecule is CCc1ncc(C(=O)N2CCOCC2)cc1OC. The summed E-state index contributed by atoms with van der Waals surface area (Å²) in [5, 5.41) is 0. The van der Waals surface area contributed by atoms with Crippen molar-refractivity contribution in [3.63, 3.8) is 0 Å². The molecule has 18 heavy (non-hydrogen) atoms. The third-order valence-electron chi connectivity index (χ3n) is 3.03. The Morgan fingerprint density at radius 3 is 2.83 bits per heavy atom. The van der Waals surface area contributed by atoms with E-state index < -0.39 is 0 Å². The molecule has 1 saturated heterocycles. The smallest absolute Gasteiger partial charge is 0.255 e. The lowest BCUT2D eigenvalue weighted by Crippen LogP contribution is -2.40. The molecule has 1 fully saturated rings. The van der Waals surface area contributed by atoms with E-state index in [-0.39, 0.29) is 5.91 Å². The van der Waals surface area contributed by atoms with Gasteiger partial charge in [-0.1, -0.05) is 6.92 Å². The van der Waals surface area contributed by atoms with Crippen LogP contribution in [0.3, 0.4) is 0 Å². The minimum absolute atomic E-state index is 0.00764. The van der Waals surface area contributed by atoms with Crippen LogP contribution >= 0.6 is 0 Å². The van der Waals surface area contributed by atoms with Crippen molar-refractivity contribution >= 4 is 5.91 Å². The summed E-state index contributed by atoms with van der Waals surface area (Å²) >= 11 is 0. The second kappa shape index (κ2) is 5.82. The lowest BCUT2D eigenvalue weighted by atomic mass is 10.2. The van der Waals surface area contributed by atoms with E-state index >= 15 is 0 Å². The van der Waals surface area contributed by atoms with Crippen LogP contribution in [0.1, 0.15) is 23.0 Å². The number of rotatable bonds is 3. The molecule has 1 aromatic rings. The Labute approximate surface area is 107 Å². The zero-order valence-corrected chi connectivity index (χ0v) is 10.8. The molecule has 0 unspecified atom stereocenters. The molecule has 0 N–H and O–H groups in total. The summed E-state index contributed by atoms with van der Waals surface area (Å²) in [5.74, 6) is 0.670. The molecule has 0 spiro atoms. The van der Waals surface area contributed by atoms with E-state index in [1.807, 2.05) is 6.92 Å². The highest BCUT2D eigenvalue weighted by Crippen LogP contribution is 2.19. The molecule has 1 aliphatic heterocycles. The average molecular weight is 250 g/mol. The van der Waals surface area contributed by atoms with Crippen molar-refractivity contribution in [3.05, 3.63) is 23.5 Å². The van der Waals surface area contributed by atoms with Gasteiger partial charge in [0.2, 0.25) is 0 Å². The first kappa shape index (κ1) is 12.8. The van der Waals surface area contributed by atoms with Crippen LogP contribution in [-0.2, 0) is 11.2 Å². The molecule has 0 aliphatic carbocycles. The standard InChI is InChI=1S/C13H18N2O3/c1-3-11-12(17-2)8-10(9-14-11)13(16)15-4-6-18-7-5-15/h8-9H,3-7H2,1-2H3. The van der Waals surface area contributed by atoms with Gasteiger partial charge >= 0.3 is 0 Å². The fourth-order valence-electron chi connectivity index (χ4n) is 1.98. The Hall–Kier alpha value is -1.62. The van der Waals surface area contributed by atoms with Crippen molar-refractivity contribution in [1.82, 2.24) is 9.88 Å². The van der Waals surface area contributed by atoms with E-state index in [2.05, 4.69) is 4.98 Å². The lowest BCUT2D eigenvalue weighted by molar-refractivity contribution is 0.0302. The van der Waals surface area contributed by atoms with Crippen LogP contribution in [0.2, 0.25) is 0 Å². The van der Waals surface area contributed by atoms with Gasteiger partial charge in [0.25, 0.3) is 5.91 Å². The van der Waals surface area contributed by atoms with Gasteiger partial charge in [-0.05, 0) is 12.5 Å². The first-order chi connectivity index (χ1) is 8.76. The Bertz CT molecular complexity index is 428. The number of carbonyl (C=O) groups excluding carboxylic acids is 1. The van der Waals surface area contributed by atoms with Crippen molar-refractivity contribution in [2.24, 2.45) is 0 Å². The summed E-state index contributed by atoms with van der Waals surface area (Å²) in [6.07, 6.45) is 2.41. The van der Waals surface area contributed by atoms with Crippen LogP contribution in [0.5, 0.6) is 5.75 Å². The second-order valence-corrected chi connectivity index (χ2v) is 4.13. The molecule has 5 nitrogen and oxygen atoms in total. The van der Waals surface area contributed by atoms with Gasteiger partial charge in [-0.25, -0.2) is 0 Å². The third-order valence-corrected chi connectivity index (χ3v) is 3.03. The van der Waals surface area contributed by atoms with Gasteiger partial charge in [0, 0.05) is 19.3 Å². The fourth-order valence-corrected chi connectivity index (χ4v) is 1.98. The van der Waals surface area contributed by atoms with Crippen LogP contribution in [-0.4, -0.2) is 49.2 Å². The van der Waals surface area contributed by atoms with Gasteiger partial charge in [0.1, 0.15) is 5.75 Å². The number of nitrogens with zero attached hydrogens (tertiary/aromatic N) is 2. The number of hydrogen-bond donors (Lipinski definition) is 0. The van der Waals surface area contributed by atoms with Crippen molar-refractivity contribution in [2.45, 2.75) is 13.3 Å². The Morgan fingerprint density at radius 1 is 1.50 bits per heavy atom. The number of aryl methyl sites for hydroxylation is 1. The van der Waals surface area contributed by atoms with E-state index in [0.717, 1.165) is 12.1 Å². The number of methoxy groups -OCH3 is 1.